The summed E-state index contributed by atoms with van der Waals surface area (Å²) in [6, 6.07) is 0. The molecular weight excluding hydrogens is 382 g/mol. The van der Waals surface area contributed by atoms with E-state index in [-0.39, 0.29) is 31.1 Å². The molecule has 0 saturated carbocycles. The summed E-state index contributed by atoms with van der Waals surface area (Å²) in [5.74, 6) is 0.660. The minimum Gasteiger partial charge on any atom is -0.343 e. The topological polar surface area (TPSA) is 0 Å². The Morgan fingerprint density at radius 3 is 1.31 bits per heavy atom. The Balaban J connectivity index is 0. The largest absolute Gasteiger partial charge is 2.00 e. The first-order chi connectivity index (χ1) is 5.31. The van der Waals surface area contributed by atoms with Gasteiger partial charge >= 0.3 is 31.1 Å². The molecule has 0 aromatic heterocycles. The van der Waals surface area contributed by atoms with Crippen LogP contribution in [-0.2, 0) is 0 Å². The molecule has 0 nitrogen and oxygen atoms in total. The van der Waals surface area contributed by atoms with Gasteiger partial charge in [0.2, 0.25) is 0 Å². The number of rotatable bonds is 3. The Morgan fingerprint density at radius 2 is 1.31 bits per heavy atom. The van der Waals surface area contributed by atoms with Gasteiger partial charge in [-0.25, -0.2) is 0 Å². The van der Waals surface area contributed by atoms with E-state index in [0.29, 0.717) is 16.7 Å². The first kappa shape index (κ1) is 16.5. The molecule has 0 fully saturated rings. The molecule has 0 amide bonds. The van der Waals surface area contributed by atoms with Crippen molar-refractivity contribution in [3.05, 3.63) is 13.8 Å². The van der Waals surface area contributed by atoms with Crippen molar-refractivity contribution in [2.45, 2.75) is 47.5 Å². The van der Waals surface area contributed by atoms with Crippen molar-refractivity contribution in [1.82, 2.24) is 0 Å². The maximum Gasteiger partial charge on any atom is 2.00 e. The fourth-order valence-corrected chi connectivity index (χ4v) is 2.32. The molecule has 0 N–H and O–H groups in total. The van der Waals surface area contributed by atoms with Crippen LogP contribution < -0.4 is 0 Å². The average molecular weight is 406 g/mol. The summed E-state index contributed by atoms with van der Waals surface area (Å²) in [7, 11) is 0. The maximum atomic E-state index is 4.08. The van der Waals surface area contributed by atoms with E-state index in [9.17, 15) is 0 Å². The summed E-state index contributed by atoms with van der Waals surface area (Å²) in [5.41, 5.74) is 0.609. The molecule has 1 heteroatoms. The van der Waals surface area contributed by atoms with Crippen molar-refractivity contribution in [1.29, 1.82) is 0 Å². The van der Waals surface area contributed by atoms with Crippen LogP contribution in [0.3, 0.4) is 0 Å². The van der Waals surface area contributed by atoms with Gasteiger partial charge in [0.15, 0.2) is 0 Å². The second kappa shape index (κ2) is 5.82. The molecule has 0 unspecified atom stereocenters. The third-order valence-electron chi connectivity index (χ3n) is 3.49. The van der Waals surface area contributed by atoms with Gasteiger partial charge < -0.3 is 13.8 Å². The molecule has 0 bridgehead atoms. The zero-order valence-electron chi connectivity index (χ0n) is 9.91. The first-order valence-electron chi connectivity index (χ1n) is 4.90. The van der Waals surface area contributed by atoms with Gasteiger partial charge in [0.05, 0.1) is 0 Å². The van der Waals surface area contributed by atoms with Crippen molar-refractivity contribution in [3.8, 4) is 0 Å². The Morgan fingerprint density at radius 1 is 1.00 bits per heavy atom. The van der Waals surface area contributed by atoms with Crippen LogP contribution in [0.2, 0.25) is 0 Å². The van der Waals surface area contributed by atoms with Crippen molar-refractivity contribution in [2.75, 3.05) is 0 Å². The molecule has 76 valence electrons. The molecule has 0 radical (unpaired) electrons. The van der Waals surface area contributed by atoms with E-state index in [1.165, 1.54) is 0 Å². The molecule has 0 aromatic rings. The fraction of sp³-hybridized carbons (Fsp3) is 0.833. The zero-order chi connectivity index (χ0) is 9.99. The molecule has 0 spiro atoms. The Kier molecular flexibility index (Phi) is 7.38. The number of hydrogen-bond donors (Lipinski definition) is 0. The molecule has 0 aliphatic rings. The van der Waals surface area contributed by atoms with E-state index in [1.54, 1.807) is 0 Å². The van der Waals surface area contributed by atoms with Crippen LogP contribution in [0.15, 0.2) is 0 Å². The summed E-state index contributed by atoms with van der Waals surface area (Å²) >= 11 is 0. The normalized spacial score (nSPS) is 12.9. The average Bonchev–Trinajstić information content (AvgIpc) is 1.87. The second-order valence-corrected chi connectivity index (χ2v) is 5.06. The van der Waals surface area contributed by atoms with E-state index in [1.807, 2.05) is 0 Å². The first-order valence-corrected chi connectivity index (χ1v) is 4.90. The van der Waals surface area contributed by atoms with E-state index in [0.717, 1.165) is 12.8 Å². The van der Waals surface area contributed by atoms with Crippen molar-refractivity contribution >= 4 is 0 Å². The van der Waals surface area contributed by atoms with Gasteiger partial charge in [0.25, 0.3) is 0 Å². The summed E-state index contributed by atoms with van der Waals surface area (Å²) < 4.78 is 0. The standard InChI is InChI=1S/C12H24.U/c1-8-12(9-2,10(3)4)11(5,6)7;/h10H,1-2,8-9H2,3-7H3;/q-2;+2. The van der Waals surface area contributed by atoms with Crippen molar-refractivity contribution in [2.24, 2.45) is 16.7 Å². The molecule has 0 saturated heterocycles. The molecule has 0 rings (SSSR count). The van der Waals surface area contributed by atoms with Gasteiger partial charge in [0, 0.05) is 0 Å². The third-order valence-corrected chi connectivity index (χ3v) is 3.49. The van der Waals surface area contributed by atoms with Crippen LogP contribution in [0.25, 0.3) is 0 Å². The quantitative estimate of drug-likeness (QED) is 0.619. The maximum absolute atomic E-state index is 4.08. The van der Waals surface area contributed by atoms with Gasteiger partial charge in [-0.15, -0.1) is 0 Å². The summed E-state index contributed by atoms with van der Waals surface area (Å²) in [6.07, 6.45) is 1.97. The summed E-state index contributed by atoms with van der Waals surface area (Å²) in [6.45, 7) is 19.6. The molecule has 0 aliphatic carbocycles. The Labute approximate surface area is 109 Å². The monoisotopic (exact) mass is 406 g/mol. The van der Waals surface area contributed by atoms with E-state index >= 15 is 0 Å². The predicted octanol–water partition coefficient (Wildman–Crippen LogP) is 4.12. The minimum absolute atomic E-state index is 0. The zero-order valence-corrected chi connectivity index (χ0v) is 14.1. The van der Waals surface area contributed by atoms with E-state index < -0.39 is 0 Å². The van der Waals surface area contributed by atoms with Gasteiger partial charge in [-0.1, -0.05) is 40.0 Å². The molecule has 0 atom stereocenters. The van der Waals surface area contributed by atoms with Crippen LogP contribution >= 0.6 is 0 Å². The van der Waals surface area contributed by atoms with Crippen molar-refractivity contribution in [3.63, 3.8) is 0 Å². The smallest absolute Gasteiger partial charge is 0.343 e. The van der Waals surface area contributed by atoms with Gasteiger partial charge in [-0.3, -0.25) is 0 Å². The third kappa shape index (κ3) is 3.28. The SMILES string of the molecule is [CH2-]CC(C[CH2-])(C(C)C)C(C)(C)C.[U+2]. The van der Waals surface area contributed by atoms with Gasteiger partial charge in [-0.05, 0) is 11.3 Å². The van der Waals surface area contributed by atoms with Crippen LogP contribution in [0.5, 0.6) is 0 Å². The molecule has 0 aliphatic heterocycles. The molecule has 0 heterocycles. The second-order valence-electron chi connectivity index (χ2n) is 5.06. The molecule has 0 aromatic carbocycles. The predicted molar refractivity (Wildman–Crippen MR) is 56.7 cm³/mol. The minimum atomic E-state index is 0. The Bertz CT molecular complexity index is 127. The van der Waals surface area contributed by atoms with Gasteiger partial charge in [-0.2, -0.15) is 12.8 Å². The van der Waals surface area contributed by atoms with Crippen LogP contribution in [0.1, 0.15) is 47.5 Å². The fourth-order valence-electron chi connectivity index (χ4n) is 2.32. The van der Waals surface area contributed by atoms with E-state index in [4.69, 9.17) is 0 Å². The van der Waals surface area contributed by atoms with Crippen LogP contribution in [0, 0.1) is 61.7 Å². The number of hydrogen-bond acceptors (Lipinski definition) is 0. The van der Waals surface area contributed by atoms with E-state index in [2.05, 4.69) is 48.5 Å². The molecular formula is C12H24U. The molecule has 13 heavy (non-hydrogen) atoms. The van der Waals surface area contributed by atoms with Crippen LogP contribution in [0.4, 0.5) is 0 Å². The van der Waals surface area contributed by atoms with Crippen LogP contribution in [-0.4, -0.2) is 0 Å². The Hall–Kier alpha value is 1.05. The van der Waals surface area contributed by atoms with Gasteiger partial charge in [0.1, 0.15) is 0 Å². The summed E-state index contributed by atoms with van der Waals surface area (Å²) in [4.78, 5) is 0. The summed E-state index contributed by atoms with van der Waals surface area (Å²) in [5, 5.41) is 0. The van der Waals surface area contributed by atoms with Crippen molar-refractivity contribution < 1.29 is 31.1 Å².